The van der Waals surface area contributed by atoms with Crippen molar-refractivity contribution >= 4 is 57.8 Å². The molecule has 0 fully saturated rings. The van der Waals surface area contributed by atoms with Gasteiger partial charge in [0.1, 0.15) is 0 Å². The lowest BCUT2D eigenvalue weighted by atomic mass is 9.82. The number of nitrogens with one attached hydrogen (secondary N) is 2. The lowest BCUT2D eigenvalue weighted by Crippen LogP contribution is -2.25. The highest BCUT2D eigenvalue weighted by atomic mass is 32.2. The number of benzene rings is 8. The van der Waals surface area contributed by atoms with Gasteiger partial charge in [0.05, 0.1) is 22.5 Å². The maximum atomic E-state index is 15.7. The first kappa shape index (κ1) is 44.6. The van der Waals surface area contributed by atoms with Crippen LogP contribution in [0, 0.1) is 13.8 Å². The van der Waals surface area contributed by atoms with Gasteiger partial charge < -0.3 is 10.6 Å². The van der Waals surface area contributed by atoms with Crippen molar-refractivity contribution in [2.24, 2.45) is 0 Å². The van der Waals surface area contributed by atoms with Crippen LogP contribution < -0.4 is 10.6 Å². The van der Waals surface area contributed by atoms with Crippen LogP contribution in [-0.4, -0.2) is 11.6 Å². The van der Waals surface area contributed by atoms with Crippen molar-refractivity contribution in [3.05, 3.63) is 214 Å². The summed E-state index contributed by atoms with van der Waals surface area (Å²) in [6, 6.07) is 58.3. The molecule has 9 rings (SSSR count). The van der Waals surface area contributed by atoms with Gasteiger partial charge in [-0.05, 0) is 130 Å². The summed E-state index contributed by atoms with van der Waals surface area (Å²) >= 11 is 3.01. The average Bonchev–Trinajstić information content (AvgIpc) is 3.30. The highest BCUT2D eigenvalue weighted by Crippen LogP contribution is 2.47. The Balaban J connectivity index is 1.13. The van der Waals surface area contributed by atoms with Gasteiger partial charge in [-0.25, -0.2) is 0 Å². The number of ketones is 2. The molecule has 6 heteroatoms. The monoisotopic (exact) mass is 898 g/mol. The molecule has 328 valence electrons. The van der Waals surface area contributed by atoms with Gasteiger partial charge in [0.2, 0.25) is 0 Å². The minimum Gasteiger partial charge on any atom is -0.355 e. The maximum Gasteiger partial charge on any atom is 0.198 e. The number of carbonyl (C=O) groups excluding carboxylic acids is 2. The number of rotatable bonds is 10. The molecule has 0 unspecified atom stereocenters. The SMILES string of the molecule is Cc1ccccc1Nc1ccc(Sc2ccc(-c3ccc(C(C)(C)C)cc3)cc2)c2c1C(=O)c1c(Nc3ccccc3C)ccc(Sc3ccc(-c4ccc(C(C)(C)C)cc4)cc3)c1C2=O. The molecule has 0 heterocycles. The molecule has 0 saturated carbocycles. The number of hydrogen-bond donors (Lipinski definition) is 2. The second-order valence-electron chi connectivity index (χ2n) is 19.2. The zero-order chi connectivity index (χ0) is 46.3. The molecule has 0 spiro atoms. The van der Waals surface area contributed by atoms with Gasteiger partial charge in [0.15, 0.2) is 11.6 Å². The lowest BCUT2D eigenvalue weighted by molar-refractivity contribution is 0.0976. The van der Waals surface area contributed by atoms with Crippen molar-refractivity contribution in [1.82, 2.24) is 0 Å². The van der Waals surface area contributed by atoms with E-state index in [4.69, 9.17) is 0 Å². The Morgan fingerprint density at radius 2 is 0.667 bits per heavy atom. The predicted octanol–water partition coefficient (Wildman–Crippen LogP) is 16.8. The molecule has 8 aromatic rings. The van der Waals surface area contributed by atoms with E-state index in [1.54, 1.807) is 0 Å². The first-order valence-corrected chi connectivity index (χ1v) is 24.1. The summed E-state index contributed by atoms with van der Waals surface area (Å²) in [5, 5.41) is 7.13. The van der Waals surface area contributed by atoms with E-state index >= 15 is 9.59 Å². The third kappa shape index (κ3) is 9.13. The Morgan fingerprint density at radius 1 is 0.348 bits per heavy atom. The van der Waals surface area contributed by atoms with Gasteiger partial charge in [0.25, 0.3) is 0 Å². The molecule has 1 aliphatic rings. The van der Waals surface area contributed by atoms with E-state index in [1.807, 2.05) is 86.6 Å². The molecule has 1 aliphatic carbocycles. The molecule has 0 saturated heterocycles. The van der Waals surface area contributed by atoms with Gasteiger partial charge in [-0.15, -0.1) is 0 Å². The summed E-state index contributed by atoms with van der Waals surface area (Å²) in [5.41, 5.74) is 13.8. The highest BCUT2D eigenvalue weighted by molar-refractivity contribution is 7.99. The molecule has 0 aliphatic heterocycles. The van der Waals surface area contributed by atoms with Gasteiger partial charge in [0, 0.05) is 42.1 Å². The summed E-state index contributed by atoms with van der Waals surface area (Å²) in [7, 11) is 0. The van der Waals surface area contributed by atoms with E-state index in [9.17, 15) is 0 Å². The van der Waals surface area contributed by atoms with E-state index in [1.165, 1.54) is 34.7 Å². The first-order valence-electron chi connectivity index (χ1n) is 22.5. The smallest absolute Gasteiger partial charge is 0.198 e. The van der Waals surface area contributed by atoms with E-state index in [0.717, 1.165) is 64.3 Å². The van der Waals surface area contributed by atoms with Crippen molar-refractivity contribution in [3.63, 3.8) is 0 Å². The fourth-order valence-corrected chi connectivity index (χ4v) is 10.4. The van der Waals surface area contributed by atoms with Crippen LogP contribution in [0.15, 0.2) is 189 Å². The summed E-state index contributed by atoms with van der Waals surface area (Å²) in [6.07, 6.45) is 0. The van der Waals surface area contributed by atoms with Gasteiger partial charge >= 0.3 is 0 Å². The van der Waals surface area contributed by atoms with Crippen LogP contribution in [-0.2, 0) is 10.8 Å². The minimum absolute atomic E-state index is 0.0757. The highest BCUT2D eigenvalue weighted by Gasteiger charge is 2.38. The molecule has 2 N–H and O–H groups in total. The molecular formula is C60H54N2O2S2. The summed E-state index contributed by atoms with van der Waals surface area (Å²) in [6.45, 7) is 17.4. The molecule has 0 bridgehead atoms. The van der Waals surface area contributed by atoms with Crippen LogP contribution in [0.5, 0.6) is 0 Å². The predicted molar refractivity (Wildman–Crippen MR) is 278 cm³/mol. The van der Waals surface area contributed by atoms with Crippen LogP contribution in [0.1, 0.15) is 95.6 Å². The van der Waals surface area contributed by atoms with Crippen molar-refractivity contribution in [1.29, 1.82) is 0 Å². The normalized spacial score (nSPS) is 12.4. The quantitative estimate of drug-likeness (QED) is 0.143. The third-order valence-electron chi connectivity index (χ3n) is 12.4. The second kappa shape index (κ2) is 18.0. The Hall–Kier alpha value is -6.60. The molecule has 0 atom stereocenters. The zero-order valence-electron chi connectivity index (χ0n) is 38.8. The standard InChI is InChI=1S/C60H54N2O2S2/c1-37-13-9-11-15-47(37)61-49-33-35-51(65-45-29-21-41(22-30-45)39-17-25-43(26-18-39)59(3,4)5)55-53(49)57(63)54-50(62-48-16-12-10-14-38(48)2)34-36-52(56(54)58(55)64)66-46-31-23-42(24-32-46)40-19-27-44(28-20-40)60(6,7)8/h9-36,61-62H,1-8H3. The van der Waals surface area contributed by atoms with Gasteiger partial charge in [-0.2, -0.15) is 0 Å². The molecule has 0 radical (unpaired) electrons. The van der Waals surface area contributed by atoms with Crippen molar-refractivity contribution < 1.29 is 9.59 Å². The van der Waals surface area contributed by atoms with Gasteiger partial charge in [-0.1, -0.05) is 174 Å². The first-order chi connectivity index (χ1) is 31.6. The molecule has 4 nitrogen and oxygen atoms in total. The van der Waals surface area contributed by atoms with Crippen LogP contribution in [0.2, 0.25) is 0 Å². The molecule has 0 amide bonds. The average molecular weight is 899 g/mol. The number of carbonyl (C=O) groups is 2. The van der Waals surface area contributed by atoms with E-state index in [2.05, 4.69) is 149 Å². The van der Waals surface area contributed by atoms with Crippen LogP contribution in [0.25, 0.3) is 22.3 Å². The third-order valence-corrected chi connectivity index (χ3v) is 14.5. The second-order valence-corrected chi connectivity index (χ2v) is 21.4. The lowest BCUT2D eigenvalue weighted by Gasteiger charge is -2.27. The number of hydrogen-bond acceptors (Lipinski definition) is 6. The largest absolute Gasteiger partial charge is 0.355 e. The Bertz CT molecular complexity index is 2910. The van der Waals surface area contributed by atoms with Crippen LogP contribution >= 0.6 is 23.5 Å². The molecule has 66 heavy (non-hydrogen) atoms. The zero-order valence-corrected chi connectivity index (χ0v) is 40.4. The molecule has 0 aromatic heterocycles. The van der Waals surface area contributed by atoms with E-state index in [-0.39, 0.29) is 22.4 Å². The fourth-order valence-electron chi connectivity index (χ4n) is 8.44. The van der Waals surface area contributed by atoms with Crippen LogP contribution in [0.3, 0.4) is 0 Å². The van der Waals surface area contributed by atoms with E-state index < -0.39 is 0 Å². The summed E-state index contributed by atoms with van der Waals surface area (Å²) in [4.78, 5) is 34.6. The maximum absolute atomic E-state index is 15.7. The summed E-state index contributed by atoms with van der Waals surface area (Å²) < 4.78 is 0. The van der Waals surface area contributed by atoms with E-state index in [0.29, 0.717) is 33.6 Å². The Kier molecular flexibility index (Phi) is 12.2. The fraction of sp³-hybridized carbons (Fsp3) is 0.167. The molecule has 8 aromatic carbocycles. The molecular weight excluding hydrogens is 845 g/mol. The van der Waals surface area contributed by atoms with Gasteiger partial charge in [-0.3, -0.25) is 9.59 Å². The number of anilines is 4. The summed E-state index contributed by atoms with van der Waals surface area (Å²) in [5.74, 6) is -0.391. The van der Waals surface area contributed by atoms with Crippen molar-refractivity contribution in [3.8, 4) is 22.3 Å². The topological polar surface area (TPSA) is 58.2 Å². The Labute approximate surface area is 398 Å². The number of aryl methyl sites for hydroxylation is 2. The number of para-hydroxylation sites is 2. The Morgan fingerprint density at radius 3 is 1.00 bits per heavy atom. The van der Waals surface area contributed by atoms with Crippen molar-refractivity contribution in [2.45, 2.75) is 85.8 Å². The minimum atomic E-state index is -0.209. The van der Waals surface area contributed by atoms with Crippen LogP contribution in [0.4, 0.5) is 22.7 Å². The number of fused-ring (bicyclic) bond motifs is 2. The van der Waals surface area contributed by atoms with Crippen molar-refractivity contribution in [2.75, 3.05) is 10.6 Å².